The van der Waals surface area contributed by atoms with E-state index in [1.165, 1.54) is 30.8 Å². The number of nitro groups is 1. The topological polar surface area (TPSA) is 109 Å². The zero-order chi connectivity index (χ0) is 21.0. The van der Waals surface area contributed by atoms with E-state index in [0.717, 1.165) is 4.90 Å². The normalized spacial score (nSPS) is 10.7. The van der Waals surface area contributed by atoms with Crippen LogP contribution >= 0.6 is 11.8 Å². The van der Waals surface area contributed by atoms with Crippen LogP contribution in [0.2, 0.25) is 0 Å². The summed E-state index contributed by atoms with van der Waals surface area (Å²) in [7, 11) is 0. The predicted molar refractivity (Wildman–Crippen MR) is 106 cm³/mol. The van der Waals surface area contributed by atoms with Crippen molar-refractivity contribution in [3.05, 3.63) is 63.9 Å². The molecule has 0 N–H and O–H groups in total. The average molecular weight is 415 g/mol. The maximum absolute atomic E-state index is 12.5. The smallest absolute Gasteiger partial charge is 0.342 e. The molecule has 3 rings (SSSR count). The highest BCUT2D eigenvalue weighted by atomic mass is 32.2. The van der Waals surface area contributed by atoms with Crippen LogP contribution in [-0.4, -0.2) is 23.5 Å². The summed E-state index contributed by atoms with van der Waals surface area (Å²) in [5.41, 5.74) is 0.733. The minimum Gasteiger partial charge on any atom is -0.462 e. The zero-order valence-electron chi connectivity index (χ0n) is 15.7. The van der Waals surface area contributed by atoms with Gasteiger partial charge in [-0.25, -0.2) is 4.79 Å². The SMILES string of the molecule is CCOC(=O)c1c(CSc2ccc([N+](=O)[O-])cc2)oc2ccc(OC(C)=O)cc12. The van der Waals surface area contributed by atoms with E-state index < -0.39 is 16.9 Å². The number of carbonyl (C=O) groups is 2. The van der Waals surface area contributed by atoms with Crippen LogP contribution in [0.4, 0.5) is 5.69 Å². The van der Waals surface area contributed by atoms with Crippen LogP contribution in [0.25, 0.3) is 11.0 Å². The van der Waals surface area contributed by atoms with E-state index in [9.17, 15) is 19.7 Å². The molecule has 2 aromatic carbocycles. The number of furan rings is 1. The molecule has 0 aliphatic carbocycles. The van der Waals surface area contributed by atoms with Gasteiger partial charge in [0, 0.05) is 29.3 Å². The number of nitro benzene ring substituents is 1. The molecular weight excluding hydrogens is 398 g/mol. The van der Waals surface area contributed by atoms with Crippen molar-refractivity contribution in [2.45, 2.75) is 24.5 Å². The molecule has 1 aromatic heterocycles. The molecule has 0 saturated carbocycles. The molecular formula is C20H17NO7S. The third kappa shape index (κ3) is 4.75. The van der Waals surface area contributed by atoms with Gasteiger partial charge in [0.05, 0.1) is 17.3 Å². The Morgan fingerprint density at radius 2 is 1.90 bits per heavy atom. The number of non-ortho nitro benzene ring substituents is 1. The van der Waals surface area contributed by atoms with Crippen LogP contribution in [0.1, 0.15) is 30.0 Å². The van der Waals surface area contributed by atoms with Gasteiger partial charge in [-0.2, -0.15) is 0 Å². The molecule has 9 heteroatoms. The second-order valence-corrected chi connectivity index (χ2v) is 6.96. The standard InChI is InChI=1S/C20H17NO7S/c1-3-26-20(23)19-16-10-14(27-12(2)22)6-9-17(16)28-18(19)11-29-15-7-4-13(5-8-15)21(24)25/h4-10H,3,11H2,1-2H3. The fraction of sp³-hybridized carbons (Fsp3) is 0.200. The van der Waals surface area contributed by atoms with Gasteiger partial charge < -0.3 is 13.9 Å². The van der Waals surface area contributed by atoms with Crippen LogP contribution < -0.4 is 4.74 Å². The predicted octanol–water partition coefficient (Wildman–Crippen LogP) is 4.74. The minimum absolute atomic E-state index is 0.00306. The van der Waals surface area contributed by atoms with Crippen LogP contribution in [0, 0.1) is 10.1 Å². The van der Waals surface area contributed by atoms with Crippen molar-refractivity contribution in [1.29, 1.82) is 0 Å². The summed E-state index contributed by atoms with van der Waals surface area (Å²) < 4.78 is 16.1. The Kier molecular flexibility index (Phi) is 6.18. The molecule has 29 heavy (non-hydrogen) atoms. The quantitative estimate of drug-likeness (QED) is 0.179. The summed E-state index contributed by atoms with van der Waals surface area (Å²) in [6.07, 6.45) is 0. The molecule has 0 atom stereocenters. The van der Waals surface area contributed by atoms with Crippen molar-refractivity contribution in [3.63, 3.8) is 0 Å². The Morgan fingerprint density at radius 1 is 1.17 bits per heavy atom. The molecule has 1 heterocycles. The summed E-state index contributed by atoms with van der Waals surface area (Å²) in [4.78, 5) is 34.8. The molecule has 0 unspecified atom stereocenters. The first-order chi connectivity index (χ1) is 13.9. The van der Waals surface area contributed by atoms with Gasteiger partial charge in [0.2, 0.25) is 0 Å². The van der Waals surface area contributed by atoms with Crippen molar-refractivity contribution in [1.82, 2.24) is 0 Å². The summed E-state index contributed by atoms with van der Waals surface area (Å²) in [6, 6.07) is 10.9. The highest BCUT2D eigenvalue weighted by Crippen LogP contribution is 2.34. The molecule has 150 valence electrons. The Balaban J connectivity index is 1.92. The third-order valence-electron chi connectivity index (χ3n) is 3.89. The van der Waals surface area contributed by atoms with Gasteiger partial charge in [0.25, 0.3) is 5.69 Å². The average Bonchev–Trinajstić information content (AvgIpc) is 3.04. The second kappa shape index (κ2) is 8.78. The summed E-state index contributed by atoms with van der Waals surface area (Å²) in [5, 5.41) is 11.3. The number of ether oxygens (including phenoxy) is 2. The fourth-order valence-corrected chi connectivity index (χ4v) is 3.53. The summed E-state index contributed by atoms with van der Waals surface area (Å²) in [5.74, 6) is 0.00138. The Hall–Kier alpha value is -3.33. The fourth-order valence-electron chi connectivity index (χ4n) is 2.70. The lowest BCUT2D eigenvalue weighted by Crippen LogP contribution is -2.06. The number of carbonyl (C=O) groups excluding carboxylic acids is 2. The van der Waals surface area contributed by atoms with Crippen molar-refractivity contribution in [2.75, 3.05) is 6.61 Å². The molecule has 0 aliphatic rings. The maximum atomic E-state index is 12.5. The lowest BCUT2D eigenvalue weighted by atomic mass is 10.1. The number of hydrogen-bond donors (Lipinski definition) is 0. The van der Waals surface area contributed by atoms with E-state index in [2.05, 4.69) is 0 Å². The number of fused-ring (bicyclic) bond motifs is 1. The van der Waals surface area contributed by atoms with Crippen LogP contribution in [0.3, 0.4) is 0 Å². The van der Waals surface area contributed by atoms with Gasteiger partial charge >= 0.3 is 11.9 Å². The first kappa shape index (κ1) is 20.4. The maximum Gasteiger partial charge on any atom is 0.342 e. The second-order valence-electron chi connectivity index (χ2n) is 5.91. The zero-order valence-corrected chi connectivity index (χ0v) is 16.5. The minimum atomic E-state index is -0.537. The number of benzene rings is 2. The largest absolute Gasteiger partial charge is 0.462 e. The Morgan fingerprint density at radius 3 is 2.52 bits per heavy atom. The van der Waals surface area contributed by atoms with E-state index in [1.54, 1.807) is 37.3 Å². The van der Waals surface area contributed by atoms with E-state index in [4.69, 9.17) is 13.9 Å². The number of thioether (sulfide) groups is 1. The van der Waals surface area contributed by atoms with Gasteiger partial charge in [0.1, 0.15) is 22.7 Å². The Labute approximate surface area is 169 Å². The van der Waals surface area contributed by atoms with Gasteiger partial charge in [0.15, 0.2) is 0 Å². The molecule has 0 saturated heterocycles. The van der Waals surface area contributed by atoms with Gasteiger partial charge in [-0.3, -0.25) is 14.9 Å². The van der Waals surface area contributed by atoms with Crippen LogP contribution in [-0.2, 0) is 15.3 Å². The van der Waals surface area contributed by atoms with Crippen molar-refractivity contribution in [3.8, 4) is 5.75 Å². The van der Waals surface area contributed by atoms with Crippen LogP contribution in [0.5, 0.6) is 5.75 Å². The van der Waals surface area contributed by atoms with E-state index in [1.807, 2.05) is 0 Å². The number of rotatable bonds is 7. The first-order valence-electron chi connectivity index (χ1n) is 8.67. The van der Waals surface area contributed by atoms with Gasteiger partial charge in [-0.1, -0.05) is 0 Å². The van der Waals surface area contributed by atoms with Crippen molar-refractivity contribution < 1.29 is 28.4 Å². The molecule has 0 bridgehead atoms. The Bertz CT molecular complexity index is 1070. The van der Waals surface area contributed by atoms with E-state index >= 15 is 0 Å². The lowest BCUT2D eigenvalue weighted by Gasteiger charge is -2.04. The number of nitrogens with zero attached hydrogens (tertiary/aromatic N) is 1. The molecule has 0 fully saturated rings. The molecule has 8 nitrogen and oxygen atoms in total. The highest BCUT2D eigenvalue weighted by Gasteiger charge is 2.23. The first-order valence-corrected chi connectivity index (χ1v) is 9.65. The molecule has 3 aromatic rings. The molecule has 0 radical (unpaired) electrons. The van der Waals surface area contributed by atoms with Crippen molar-refractivity contribution >= 4 is 40.4 Å². The van der Waals surface area contributed by atoms with E-state index in [0.29, 0.717) is 28.2 Å². The lowest BCUT2D eigenvalue weighted by molar-refractivity contribution is -0.384. The summed E-state index contributed by atoms with van der Waals surface area (Å²) >= 11 is 1.36. The highest BCUT2D eigenvalue weighted by molar-refractivity contribution is 7.98. The van der Waals surface area contributed by atoms with Crippen LogP contribution in [0.15, 0.2) is 51.8 Å². The monoisotopic (exact) mass is 415 g/mol. The molecule has 0 spiro atoms. The van der Waals surface area contributed by atoms with Gasteiger partial charge in [-0.05, 0) is 37.3 Å². The molecule has 0 aliphatic heterocycles. The molecule has 0 amide bonds. The number of hydrogen-bond acceptors (Lipinski definition) is 8. The summed E-state index contributed by atoms with van der Waals surface area (Å²) in [6.45, 7) is 3.19. The number of esters is 2. The van der Waals surface area contributed by atoms with E-state index in [-0.39, 0.29) is 17.9 Å². The third-order valence-corrected chi connectivity index (χ3v) is 4.90. The van der Waals surface area contributed by atoms with Crippen molar-refractivity contribution in [2.24, 2.45) is 0 Å². The van der Waals surface area contributed by atoms with Gasteiger partial charge in [-0.15, -0.1) is 11.8 Å².